The van der Waals surface area contributed by atoms with Gasteiger partial charge in [-0.05, 0) is 167 Å². The van der Waals surface area contributed by atoms with Gasteiger partial charge in [0.1, 0.15) is 57.4 Å². The first-order valence-corrected chi connectivity index (χ1v) is 47.4. The van der Waals surface area contributed by atoms with Crippen molar-refractivity contribution < 1.29 is 103 Å². The van der Waals surface area contributed by atoms with Crippen molar-refractivity contribution in [2.75, 3.05) is 186 Å². The van der Waals surface area contributed by atoms with Crippen molar-refractivity contribution in [3.8, 4) is 28.7 Å². The average Bonchev–Trinajstić information content (AvgIpc) is 1.56. The Hall–Kier alpha value is -6.22. The van der Waals surface area contributed by atoms with Crippen LogP contribution < -0.4 is 29.0 Å². The van der Waals surface area contributed by atoms with Gasteiger partial charge in [-0.3, -0.25) is 4.90 Å². The summed E-state index contributed by atoms with van der Waals surface area (Å²) in [5, 5.41) is 3.15. The van der Waals surface area contributed by atoms with E-state index in [1.165, 1.54) is 17.1 Å². The van der Waals surface area contributed by atoms with Crippen LogP contribution in [0.25, 0.3) is 0 Å². The third-order valence-electron chi connectivity index (χ3n) is 23.9. The van der Waals surface area contributed by atoms with E-state index < -0.39 is 90.9 Å². The van der Waals surface area contributed by atoms with Crippen molar-refractivity contribution in [2.24, 2.45) is 5.92 Å². The number of hydrogen-bond acceptors (Lipinski definition) is 25. The van der Waals surface area contributed by atoms with Gasteiger partial charge in [0.2, 0.25) is 50.1 Å². The maximum atomic E-state index is 13.2. The Balaban J connectivity index is 0.000000136. The van der Waals surface area contributed by atoms with Crippen LogP contribution in [0.4, 0.5) is 13.2 Å². The van der Waals surface area contributed by atoms with E-state index in [9.17, 15) is 55.3 Å². The van der Waals surface area contributed by atoms with Gasteiger partial charge in [-0.25, -0.2) is 42.1 Å². The van der Waals surface area contributed by atoms with Gasteiger partial charge in [-0.2, -0.15) is 21.5 Å². The van der Waals surface area contributed by atoms with Gasteiger partial charge in [0.25, 0.3) is 0 Å². The van der Waals surface area contributed by atoms with Crippen LogP contribution in [0.15, 0.2) is 158 Å². The predicted octanol–water partition coefficient (Wildman–Crippen LogP) is 7.96. The Morgan fingerprint density at radius 3 is 0.898 bits per heavy atom. The lowest BCUT2D eigenvalue weighted by Crippen LogP contribution is -2.55. The number of hydrogen-bond donors (Lipinski definition) is 1. The van der Waals surface area contributed by atoms with Crippen molar-refractivity contribution >= 4 is 50.1 Å². The fourth-order valence-electron chi connectivity index (χ4n) is 17.1. The molecule has 11 fully saturated rings. The minimum absolute atomic E-state index is 0.0829. The number of alkyl halides is 3. The van der Waals surface area contributed by atoms with Gasteiger partial charge in [0.15, 0.2) is 0 Å². The Morgan fingerprint density at radius 2 is 0.644 bits per heavy atom. The molecule has 5 aromatic carbocycles. The minimum atomic E-state index is -4.82. The number of piperidine rings is 5. The Bertz CT molecular complexity index is 4720. The van der Waals surface area contributed by atoms with Crippen LogP contribution in [0.3, 0.4) is 0 Å². The number of methoxy groups -OCH3 is 4. The van der Waals surface area contributed by atoms with Crippen LogP contribution in [-0.2, 0) is 73.8 Å². The fourth-order valence-corrected chi connectivity index (χ4v) is 25.7. The number of ether oxygens (including phenoxy) is 10. The zero-order valence-corrected chi connectivity index (χ0v) is 72.1. The first kappa shape index (κ1) is 91.0. The van der Waals surface area contributed by atoms with Crippen LogP contribution in [0, 0.1) is 5.92 Å². The number of benzene rings is 5. The molecule has 5 aromatic rings. The summed E-state index contributed by atoms with van der Waals surface area (Å²) >= 11 is 0. The number of rotatable bonds is 20. The molecule has 654 valence electrons. The maximum Gasteiger partial charge on any atom is 0.573 e. The molecule has 38 heteroatoms. The second-order valence-electron chi connectivity index (χ2n) is 30.9. The highest BCUT2D eigenvalue weighted by atomic mass is 32.2. The quantitative estimate of drug-likeness (QED) is 0.0722. The van der Waals surface area contributed by atoms with Crippen molar-refractivity contribution in [3.05, 3.63) is 134 Å². The third kappa shape index (κ3) is 20.5. The summed E-state index contributed by atoms with van der Waals surface area (Å²) in [6.45, 7) is 21.0. The topological polar surface area (TPSA) is 304 Å². The number of likely N-dealkylation sites (tertiary alicyclic amines) is 4. The smallest absolute Gasteiger partial charge is 0.497 e. The second kappa shape index (κ2) is 38.3. The van der Waals surface area contributed by atoms with Crippen molar-refractivity contribution in [1.82, 2.24) is 46.4 Å². The van der Waals surface area contributed by atoms with Crippen LogP contribution in [0.2, 0.25) is 0 Å². The molecule has 0 aromatic heterocycles. The second-order valence-corrected chi connectivity index (χ2v) is 40.2. The zero-order chi connectivity index (χ0) is 84.4. The van der Waals surface area contributed by atoms with E-state index in [1.54, 1.807) is 143 Å². The summed E-state index contributed by atoms with van der Waals surface area (Å²) < 4.78 is 228. The lowest BCUT2D eigenvalue weighted by molar-refractivity contribution is -0.274. The number of halogens is 3. The van der Waals surface area contributed by atoms with Crippen LogP contribution in [0.1, 0.15) is 84.0 Å². The molecule has 16 rings (SSSR count). The fraction of sp³-hybridized carbons (Fsp3) is 0.600. The molecular weight excluding hydrogens is 1640 g/mol. The van der Waals surface area contributed by atoms with Crippen molar-refractivity contribution in [1.29, 1.82) is 0 Å². The molecule has 0 amide bonds. The molecule has 30 nitrogen and oxygen atoms in total. The van der Waals surface area contributed by atoms with Gasteiger partial charge < -0.3 is 67.4 Å². The minimum Gasteiger partial charge on any atom is -0.497 e. The highest BCUT2D eigenvalue weighted by molar-refractivity contribution is 7.90. The van der Waals surface area contributed by atoms with Gasteiger partial charge in [-0.1, -0.05) is 13.0 Å². The SMILES string of the molecule is C=CCN1CCC2(CC1)OCCN2S(=O)(=O)c1ccc(OC)cc1.CCN1CCC2(CC1)OCCN2S(=O)(=O)c1ccc(OC)cc1.COc1ccc(S(=O)(=O)N2CCOC23CCN(C)CC3)cc1.COc1ccc(S(=O)(=O)N2CCOC23CCN(CC2CC2)CC3)cc1.O=S(=O)(c1ccc(OC(F)(F)F)cc1)N1CCOC12CCNCC2. The van der Waals surface area contributed by atoms with E-state index in [0.717, 1.165) is 128 Å². The van der Waals surface area contributed by atoms with Gasteiger partial charge in [0.05, 0.1) is 86.0 Å². The first-order chi connectivity index (χ1) is 56.3. The summed E-state index contributed by atoms with van der Waals surface area (Å²) in [5.41, 5.74) is -3.60. The Kier molecular flexibility index (Phi) is 29.5. The molecule has 10 aliphatic heterocycles. The van der Waals surface area contributed by atoms with Crippen molar-refractivity contribution in [2.45, 2.75) is 143 Å². The molecule has 0 radical (unpaired) electrons. The zero-order valence-electron chi connectivity index (χ0n) is 68.0. The van der Waals surface area contributed by atoms with E-state index in [0.29, 0.717) is 144 Å². The number of sulfonamides is 5. The molecule has 10 heterocycles. The number of nitrogens with one attached hydrogen (secondary N) is 1. The van der Waals surface area contributed by atoms with Gasteiger partial charge in [0, 0.05) is 162 Å². The van der Waals surface area contributed by atoms with Gasteiger partial charge >= 0.3 is 6.36 Å². The molecule has 10 saturated heterocycles. The lowest BCUT2D eigenvalue weighted by Gasteiger charge is -2.43. The largest absolute Gasteiger partial charge is 0.573 e. The molecule has 11 aliphatic rings. The third-order valence-corrected chi connectivity index (χ3v) is 33.8. The monoisotopic (exact) mass is 1750 g/mol. The van der Waals surface area contributed by atoms with Crippen LogP contribution >= 0.6 is 0 Å². The van der Waals surface area contributed by atoms with E-state index >= 15 is 0 Å². The maximum absolute atomic E-state index is 13.2. The molecule has 0 atom stereocenters. The number of nitrogens with zero attached hydrogens (tertiary/aromatic N) is 9. The molecular formula is C80H113F3N10O20S5. The van der Waals surface area contributed by atoms with Crippen LogP contribution in [-0.4, -0.2) is 305 Å². The molecule has 1 aliphatic carbocycles. The summed E-state index contributed by atoms with van der Waals surface area (Å²) in [6.07, 6.45) is 6.50. The first-order valence-electron chi connectivity index (χ1n) is 40.2. The molecule has 0 unspecified atom stereocenters. The summed E-state index contributed by atoms with van der Waals surface area (Å²) in [7, 11) is -9.83. The summed E-state index contributed by atoms with van der Waals surface area (Å²) in [4.78, 5) is 10.3. The molecule has 1 saturated carbocycles. The molecule has 118 heavy (non-hydrogen) atoms. The van der Waals surface area contributed by atoms with Crippen LogP contribution in [0.5, 0.6) is 28.7 Å². The average molecular weight is 1750 g/mol. The summed E-state index contributed by atoms with van der Waals surface area (Å²) in [5.74, 6) is 2.98. The predicted molar refractivity (Wildman–Crippen MR) is 432 cm³/mol. The standard InChI is InChI=1S/C18H26N2O4S.C17H24N2O4S.C16H24N2O4S.C15H22N2O4S.C14H17F3N2O4S/c1-23-16-4-6-17(7-5-16)25(21,22)20-12-13-24-18(20)8-10-19(11-9-18)14-15-2-3-15;1-3-10-18-11-8-17(9-12-18)19(13-14-23-17)24(20,21)16-6-4-15(22-2)5-7-16;1-3-17-10-8-16(9-11-17)18(12-13-22-16)23(19,20)15-6-4-14(21-2)5-7-15;1-16-9-7-15(8-10-16)17(11-12-21-15)22(18,19)14-5-3-13(20-2)4-6-14;15-14(16,17)23-11-1-3-12(4-2-11)24(20,21)19-9-10-22-13(19)5-7-18-8-6-13/h4-7,15H,2-3,8-14H2,1H3;3-7H,1,8-14H2,2H3;4-7H,3,8-13H2,1-2H3;3-6H,7-12H2,1-2H3;1-4,18H,5-10H2. The Labute approximate surface area is 693 Å². The molecule has 5 spiro atoms. The van der Waals surface area contributed by atoms with E-state index in [2.05, 4.69) is 43.2 Å². The normalized spacial score (nSPS) is 22.8. The molecule has 0 bridgehead atoms. The van der Waals surface area contributed by atoms with E-state index in [4.69, 9.17) is 42.6 Å². The summed E-state index contributed by atoms with van der Waals surface area (Å²) in [6, 6.07) is 30.4. The van der Waals surface area contributed by atoms with E-state index in [-0.39, 0.29) is 21.2 Å². The molecule has 1 N–H and O–H groups in total. The van der Waals surface area contributed by atoms with E-state index in [1.807, 2.05) is 13.1 Å². The van der Waals surface area contributed by atoms with Gasteiger partial charge in [-0.15, -0.1) is 19.8 Å². The highest BCUT2D eigenvalue weighted by Crippen LogP contribution is 2.45. The Morgan fingerprint density at radius 1 is 0.390 bits per heavy atom. The van der Waals surface area contributed by atoms with Crippen molar-refractivity contribution in [3.63, 3.8) is 0 Å². The highest BCUT2D eigenvalue weighted by Gasteiger charge is 2.56. The lowest BCUT2D eigenvalue weighted by atomic mass is 10.0.